The molecule has 0 atom stereocenters. The standard InChI is InChI=1S/C12H7F2N3O3/c13-10-6-5-8(11(14)16-10)15-12(18)7-3-1-2-4-9(7)17(19)20/h1-6H,(H,15,18). The molecule has 0 aliphatic carbocycles. The van der Waals surface area contributed by atoms with Crippen LogP contribution < -0.4 is 5.32 Å². The number of para-hydroxylation sites is 1. The van der Waals surface area contributed by atoms with Crippen molar-refractivity contribution in [1.82, 2.24) is 4.98 Å². The summed E-state index contributed by atoms with van der Waals surface area (Å²) in [6.45, 7) is 0. The van der Waals surface area contributed by atoms with Crippen LogP contribution in [-0.4, -0.2) is 15.8 Å². The van der Waals surface area contributed by atoms with Crippen molar-refractivity contribution in [3.63, 3.8) is 0 Å². The summed E-state index contributed by atoms with van der Waals surface area (Å²) in [5.41, 5.74) is -1.02. The summed E-state index contributed by atoms with van der Waals surface area (Å²) in [4.78, 5) is 24.8. The fourth-order valence-corrected chi connectivity index (χ4v) is 1.52. The van der Waals surface area contributed by atoms with E-state index in [9.17, 15) is 23.7 Å². The molecule has 0 unspecified atom stereocenters. The number of nitrogens with one attached hydrogen (secondary N) is 1. The molecule has 1 heterocycles. The van der Waals surface area contributed by atoms with Crippen molar-refractivity contribution >= 4 is 17.3 Å². The third kappa shape index (κ3) is 2.74. The molecule has 0 saturated heterocycles. The summed E-state index contributed by atoms with van der Waals surface area (Å²) < 4.78 is 25.9. The van der Waals surface area contributed by atoms with Gasteiger partial charge in [0.25, 0.3) is 11.6 Å². The number of nitrogens with zero attached hydrogens (tertiary/aromatic N) is 2. The molecule has 0 radical (unpaired) electrons. The third-order valence-corrected chi connectivity index (χ3v) is 2.41. The highest BCUT2D eigenvalue weighted by Gasteiger charge is 2.20. The number of hydrogen-bond acceptors (Lipinski definition) is 4. The van der Waals surface area contributed by atoms with E-state index in [1.165, 1.54) is 18.2 Å². The summed E-state index contributed by atoms with van der Waals surface area (Å²) in [5, 5.41) is 12.9. The minimum atomic E-state index is -1.21. The Kier molecular flexibility index (Phi) is 3.65. The van der Waals surface area contributed by atoms with Gasteiger partial charge in [0.05, 0.1) is 10.6 Å². The van der Waals surface area contributed by atoms with E-state index < -0.39 is 28.4 Å². The van der Waals surface area contributed by atoms with Crippen molar-refractivity contribution in [2.24, 2.45) is 0 Å². The maximum absolute atomic E-state index is 13.3. The predicted octanol–water partition coefficient (Wildman–Crippen LogP) is 2.52. The molecule has 8 heteroatoms. The van der Waals surface area contributed by atoms with Gasteiger partial charge in [-0.05, 0) is 18.2 Å². The molecule has 20 heavy (non-hydrogen) atoms. The molecule has 0 saturated carbocycles. The molecule has 2 aromatic rings. The van der Waals surface area contributed by atoms with E-state index in [0.29, 0.717) is 0 Å². The lowest BCUT2D eigenvalue weighted by molar-refractivity contribution is -0.385. The lowest BCUT2D eigenvalue weighted by Crippen LogP contribution is -2.15. The van der Waals surface area contributed by atoms with Gasteiger partial charge in [-0.3, -0.25) is 14.9 Å². The highest BCUT2D eigenvalue weighted by Crippen LogP contribution is 2.20. The Bertz CT molecular complexity index is 691. The van der Waals surface area contributed by atoms with E-state index in [-0.39, 0.29) is 11.3 Å². The highest BCUT2D eigenvalue weighted by atomic mass is 19.1. The molecule has 1 N–H and O–H groups in total. The van der Waals surface area contributed by atoms with Crippen molar-refractivity contribution in [3.8, 4) is 0 Å². The molecule has 102 valence electrons. The minimum Gasteiger partial charge on any atom is -0.318 e. The first-order valence-electron chi connectivity index (χ1n) is 5.36. The topological polar surface area (TPSA) is 85.1 Å². The van der Waals surface area contributed by atoms with Crippen molar-refractivity contribution < 1.29 is 18.5 Å². The van der Waals surface area contributed by atoms with Crippen molar-refractivity contribution in [2.45, 2.75) is 0 Å². The normalized spacial score (nSPS) is 10.1. The molecule has 0 bridgehead atoms. The van der Waals surface area contributed by atoms with Gasteiger partial charge in [-0.2, -0.15) is 13.8 Å². The molecule has 1 amide bonds. The lowest BCUT2D eigenvalue weighted by Gasteiger charge is -2.06. The maximum Gasteiger partial charge on any atom is 0.282 e. The number of amides is 1. The molecule has 0 fully saturated rings. The molecular weight excluding hydrogens is 272 g/mol. The first kappa shape index (κ1) is 13.5. The quantitative estimate of drug-likeness (QED) is 0.531. The van der Waals surface area contributed by atoms with Crippen LogP contribution in [0.4, 0.5) is 20.2 Å². The Labute approximate surface area is 111 Å². The average Bonchev–Trinajstić information content (AvgIpc) is 2.41. The van der Waals surface area contributed by atoms with Crippen LogP contribution in [0.5, 0.6) is 0 Å². The van der Waals surface area contributed by atoms with Crippen molar-refractivity contribution in [3.05, 3.63) is 64.0 Å². The first-order chi connectivity index (χ1) is 9.49. The fourth-order valence-electron chi connectivity index (χ4n) is 1.52. The summed E-state index contributed by atoms with van der Waals surface area (Å²) in [7, 11) is 0. The van der Waals surface area contributed by atoms with E-state index in [4.69, 9.17) is 0 Å². The number of aromatic nitrogens is 1. The number of halogens is 2. The van der Waals surface area contributed by atoms with E-state index in [0.717, 1.165) is 18.2 Å². The minimum absolute atomic E-state index is 0.235. The van der Waals surface area contributed by atoms with Crippen LogP contribution >= 0.6 is 0 Å². The number of nitro benzene ring substituents is 1. The average molecular weight is 279 g/mol. The van der Waals surface area contributed by atoms with Gasteiger partial charge < -0.3 is 5.32 Å². The van der Waals surface area contributed by atoms with E-state index in [1.807, 2.05) is 0 Å². The van der Waals surface area contributed by atoms with Crippen LogP contribution in [0, 0.1) is 22.0 Å². The van der Waals surface area contributed by atoms with Gasteiger partial charge in [0, 0.05) is 6.07 Å². The van der Waals surface area contributed by atoms with Gasteiger partial charge in [0.2, 0.25) is 11.9 Å². The van der Waals surface area contributed by atoms with Gasteiger partial charge in [-0.1, -0.05) is 12.1 Å². The molecular formula is C12H7F2N3O3. The van der Waals surface area contributed by atoms with Crippen LogP contribution in [-0.2, 0) is 0 Å². The summed E-state index contributed by atoms with van der Waals surface area (Å²) in [6, 6.07) is 7.04. The van der Waals surface area contributed by atoms with Crippen LogP contribution in [0.25, 0.3) is 0 Å². The SMILES string of the molecule is O=C(Nc1ccc(F)nc1F)c1ccccc1[N+](=O)[O-]. The van der Waals surface area contributed by atoms with Crippen LogP contribution in [0.2, 0.25) is 0 Å². The number of carbonyl (C=O) groups is 1. The number of nitro groups is 1. The fraction of sp³-hybridized carbons (Fsp3) is 0. The van der Waals surface area contributed by atoms with Crippen molar-refractivity contribution in [2.75, 3.05) is 5.32 Å². The summed E-state index contributed by atoms with van der Waals surface area (Å²) >= 11 is 0. The Hall–Kier alpha value is -2.90. The Morgan fingerprint density at radius 3 is 2.55 bits per heavy atom. The second-order valence-corrected chi connectivity index (χ2v) is 3.70. The highest BCUT2D eigenvalue weighted by molar-refractivity contribution is 6.07. The molecule has 0 aliphatic heterocycles. The second kappa shape index (κ2) is 5.39. The lowest BCUT2D eigenvalue weighted by atomic mass is 10.1. The monoisotopic (exact) mass is 279 g/mol. The van der Waals surface area contributed by atoms with Gasteiger partial charge in [0.1, 0.15) is 5.56 Å². The van der Waals surface area contributed by atoms with Gasteiger partial charge in [0.15, 0.2) is 0 Å². The number of hydrogen-bond donors (Lipinski definition) is 1. The Morgan fingerprint density at radius 1 is 1.20 bits per heavy atom. The second-order valence-electron chi connectivity index (χ2n) is 3.70. The van der Waals surface area contributed by atoms with Crippen LogP contribution in [0.15, 0.2) is 36.4 Å². The maximum atomic E-state index is 13.3. The Balaban J connectivity index is 2.31. The third-order valence-electron chi connectivity index (χ3n) is 2.41. The van der Waals surface area contributed by atoms with Gasteiger partial charge in [-0.15, -0.1) is 0 Å². The molecule has 1 aromatic heterocycles. The largest absolute Gasteiger partial charge is 0.318 e. The number of benzene rings is 1. The van der Waals surface area contributed by atoms with E-state index >= 15 is 0 Å². The number of rotatable bonds is 3. The molecule has 0 spiro atoms. The molecule has 2 rings (SSSR count). The number of anilines is 1. The first-order valence-corrected chi connectivity index (χ1v) is 5.36. The van der Waals surface area contributed by atoms with Crippen molar-refractivity contribution in [1.29, 1.82) is 0 Å². The molecule has 0 aliphatic rings. The zero-order valence-corrected chi connectivity index (χ0v) is 9.84. The van der Waals surface area contributed by atoms with Crippen LogP contribution in [0.1, 0.15) is 10.4 Å². The number of carbonyl (C=O) groups excluding carboxylic acids is 1. The number of pyridine rings is 1. The van der Waals surface area contributed by atoms with Gasteiger partial charge >= 0.3 is 0 Å². The zero-order chi connectivity index (χ0) is 14.7. The molecule has 1 aromatic carbocycles. The van der Waals surface area contributed by atoms with E-state index in [2.05, 4.69) is 10.3 Å². The smallest absolute Gasteiger partial charge is 0.282 e. The summed E-state index contributed by atoms with van der Waals surface area (Å²) in [6.07, 6.45) is 0. The summed E-state index contributed by atoms with van der Waals surface area (Å²) in [5.74, 6) is -3.13. The predicted molar refractivity (Wildman–Crippen MR) is 65.2 cm³/mol. The van der Waals surface area contributed by atoms with Gasteiger partial charge in [-0.25, -0.2) is 0 Å². The van der Waals surface area contributed by atoms with E-state index in [1.54, 1.807) is 0 Å². The van der Waals surface area contributed by atoms with Crippen LogP contribution in [0.3, 0.4) is 0 Å². The molecule has 6 nitrogen and oxygen atoms in total. The zero-order valence-electron chi connectivity index (χ0n) is 9.84. The Morgan fingerprint density at radius 2 is 1.90 bits per heavy atom.